The smallest absolute Gasteiger partial charge is 0.333 e. The van der Waals surface area contributed by atoms with Crippen LogP contribution < -0.4 is 4.74 Å². The Hall–Kier alpha value is -2.59. The number of carbonyl (C=O) groups excluding carboxylic acids is 1. The molecular weight excluding hydrogens is 292 g/mol. The van der Waals surface area contributed by atoms with Crippen molar-refractivity contribution in [3.63, 3.8) is 0 Å². The fraction of sp³-hybridized carbons (Fsp3) is 0.211. The van der Waals surface area contributed by atoms with Crippen LogP contribution in [0.1, 0.15) is 17.5 Å². The van der Waals surface area contributed by atoms with Gasteiger partial charge < -0.3 is 14.6 Å². The number of aryl methyl sites for hydroxylation is 1. The van der Waals surface area contributed by atoms with E-state index in [1.165, 1.54) is 11.6 Å². The molecule has 0 saturated carbocycles. The van der Waals surface area contributed by atoms with E-state index in [9.17, 15) is 9.90 Å². The van der Waals surface area contributed by atoms with Gasteiger partial charge in [-0.3, -0.25) is 0 Å². The summed E-state index contributed by atoms with van der Waals surface area (Å²) < 4.78 is 10.4. The summed E-state index contributed by atoms with van der Waals surface area (Å²) in [6, 6.07) is 17.6. The Balaban J connectivity index is 1.50. The lowest BCUT2D eigenvalue weighted by Gasteiger charge is -2.09. The van der Waals surface area contributed by atoms with Crippen molar-refractivity contribution in [3.05, 3.63) is 71.8 Å². The summed E-state index contributed by atoms with van der Waals surface area (Å²) in [6.45, 7) is 0.640. The van der Waals surface area contributed by atoms with E-state index in [0.717, 1.165) is 24.2 Å². The minimum atomic E-state index is -1.18. The van der Waals surface area contributed by atoms with Crippen molar-refractivity contribution in [2.45, 2.75) is 19.1 Å². The van der Waals surface area contributed by atoms with Gasteiger partial charge in [0.1, 0.15) is 5.75 Å². The monoisotopic (exact) mass is 310 g/mol. The van der Waals surface area contributed by atoms with Gasteiger partial charge in [0.25, 0.3) is 0 Å². The summed E-state index contributed by atoms with van der Waals surface area (Å²) in [4.78, 5) is 11.1. The predicted molar refractivity (Wildman–Crippen MR) is 86.8 cm³/mol. The van der Waals surface area contributed by atoms with Gasteiger partial charge in [-0.05, 0) is 36.1 Å². The number of cyclic esters (lactones) is 1. The average Bonchev–Trinajstić information content (AvgIpc) is 2.92. The van der Waals surface area contributed by atoms with Gasteiger partial charge in [-0.1, -0.05) is 42.5 Å². The lowest BCUT2D eigenvalue weighted by atomic mass is 10.1. The van der Waals surface area contributed by atoms with E-state index in [1.807, 2.05) is 42.5 Å². The Morgan fingerprint density at radius 1 is 1.04 bits per heavy atom. The minimum Gasteiger partial charge on any atom is -0.494 e. The van der Waals surface area contributed by atoms with Crippen LogP contribution in [-0.2, 0) is 16.0 Å². The lowest BCUT2D eigenvalue weighted by molar-refractivity contribution is -0.149. The summed E-state index contributed by atoms with van der Waals surface area (Å²) in [6.07, 6.45) is 2.05. The summed E-state index contributed by atoms with van der Waals surface area (Å²) >= 11 is 0. The number of rotatable bonds is 6. The van der Waals surface area contributed by atoms with Crippen molar-refractivity contribution in [2.75, 3.05) is 6.61 Å². The van der Waals surface area contributed by atoms with Crippen LogP contribution in [0.5, 0.6) is 5.75 Å². The second kappa shape index (κ2) is 7.11. The molecule has 0 fully saturated rings. The van der Waals surface area contributed by atoms with Gasteiger partial charge in [-0.2, -0.15) is 0 Å². The predicted octanol–water partition coefficient (Wildman–Crippen LogP) is 2.96. The van der Waals surface area contributed by atoms with Crippen LogP contribution in [0, 0.1) is 0 Å². The summed E-state index contributed by atoms with van der Waals surface area (Å²) in [7, 11) is 0. The van der Waals surface area contributed by atoms with Gasteiger partial charge in [0.15, 0.2) is 0 Å². The van der Waals surface area contributed by atoms with Crippen molar-refractivity contribution < 1.29 is 19.4 Å². The Bertz CT molecular complexity index is 689. The van der Waals surface area contributed by atoms with Crippen LogP contribution >= 0.6 is 0 Å². The number of aliphatic hydroxyl groups excluding tert-OH is 1. The van der Waals surface area contributed by atoms with Gasteiger partial charge in [0.2, 0.25) is 6.29 Å². The molecule has 1 atom stereocenters. The van der Waals surface area contributed by atoms with E-state index in [4.69, 9.17) is 4.74 Å². The van der Waals surface area contributed by atoms with Crippen molar-refractivity contribution in [2.24, 2.45) is 0 Å². The Morgan fingerprint density at radius 3 is 2.43 bits per heavy atom. The van der Waals surface area contributed by atoms with E-state index >= 15 is 0 Å². The van der Waals surface area contributed by atoms with Crippen LogP contribution in [0.2, 0.25) is 0 Å². The van der Waals surface area contributed by atoms with Crippen molar-refractivity contribution in [3.8, 4) is 5.75 Å². The molecule has 0 amide bonds. The standard InChI is InChI=1S/C19H18O4/c20-18-13-17(19(21)23-18)15-8-10-16(11-9-15)22-12-4-7-14-5-2-1-3-6-14/h1-3,5-6,8-11,13,19,21H,4,7,12H2. The van der Waals surface area contributed by atoms with Crippen LogP contribution in [-0.4, -0.2) is 24.0 Å². The lowest BCUT2D eigenvalue weighted by Crippen LogP contribution is -2.09. The zero-order chi connectivity index (χ0) is 16.1. The molecule has 0 aliphatic carbocycles. The number of carbonyl (C=O) groups is 1. The van der Waals surface area contributed by atoms with Crippen LogP contribution in [0.4, 0.5) is 0 Å². The molecule has 2 aromatic rings. The molecule has 118 valence electrons. The topological polar surface area (TPSA) is 55.8 Å². The summed E-state index contributed by atoms with van der Waals surface area (Å²) in [5.41, 5.74) is 2.53. The quantitative estimate of drug-likeness (QED) is 0.658. The van der Waals surface area contributed by atoms with E-state index < -0.39 is 12.3 Å². The van der Waals surface area contributed by atoms with E-state index in [2.05, 4.69) is 16.9 Å². The third kappa shape index (κ3) is 3.99. The molecule has 0 spiro atoms. The SMILES string of the molecule is O=C1C=C(c2ccc(OCCCc3ccccc3)cc2)C(O)O1. The van der Waals surface area contributed by atoms with E-state index in [-0.39, 0.29) is 0 Å². The third-order valence-electron chi connectivity index (χ3n) is 3.68. The number of aliphatic hydroxyl groups is 1. The minimum absolute atomic E-state index is 0.477. The molecular formula is C19H18O4. The van der Waals surface area contributed by atoms with Gasteiger partial charge >= 0.3 is 5.97 Å². The molecule has 2 aromatic carbocycles. The highest BCUT2D eigenvalue weighted by atomic mass is 16.6. The maximum Gasteiger partial charge on any atom is 0.333 e. The van der Waals surface area contributed by atoms with Gasteiger partial charge in [-0.25, -0.2) is 4.79 Å². The van der Waals surface area contributed by atoms with Crippen LogP contribution in [0.3, 0.4) is 0 Å². The van der Waals surface area contributed by atoms with Crippen molar-refractivity contribution in [1.82, 2.24) is 0 Å². The van der Waals surface area contributed by atoms with Gasteiger partial charge in [0.05, 0.1) is 6.61 Å². The Morgan fingerprint density at radius 2 is 1.78 bits per heavy atom. The zero-order valence-electron chi connectivity index (χ0n) is 12.6. The first-order valence-electron chi connectivity index (χ1n) is 7.60. The second-order valence-electron chi connectivity index (χ2n) is 5.35. The highest BCUT2D eigenvalue weighted by Crippen LogP contribution is 2.26. The zero-order valence-corrected chi connectivity index (χ0v) is 12.6. The average molecular weight is 310 g/mol. The molecule has 1 aliphatic heterocycles. The first-order chi connectivity index (χ1) is 11.2. The molecule has 4 heteroatoms. The fourth-order valence-electron chi connectivity index (χ4n) is 2.49. The number of hydrogen-bond acceptors (Lipinski definition) is 4. The molecule has 3 rings (SSSR count). The highest BCUT2D eigenvalue weighted by Gasteiger charge is 2.24. The first-order valence-corrected chi connectivity index (χ1v) is 7.60. The van der Waals surface area contributed by atoms with E-state index in [0.29, 0.717) is 12.2 Å². The third-order valence-corrected chi connectivity index (χ3v) is 3.68. The molecule has 0 saturated heterocycles. The Labute approximate surface area is 135 Å². The summed E-state index contributed by atoms with van der Waals surface area (Å²) in [5, 5.41) is 9.62. The number of esters is 1. The second-order valence-corrected chi connectivity index (χ2v) is 5.35. The highest BCUT2D eigenvalue weighted by molar-refractivity contribution is 5.96. The number of hydrogen-bond donors (Lipinski definition) is 1. The molecule has 0 radical (unpaired) electrons. The largest absolute Gasteiger partial charge is 0.494 e. The van der Waals surface area contributed by atoms with E-state index in [1.54, 1.807) is 0 Å². The van der Waals surface area contributed by atoms with Crippen molar-refractivity contribution >= 4 is 11.5 Å². The van der Waals surface area contributed by atoms with Crippen LogP contribution in [0.25, 0.3) is 5.57 Å². The molecule has 1 N–H and O–H groups in total. The molecule has 0 aromatic heterocycles. The Kier molecular flexibility index (Phi) is 4.74. The van der Waals surface area contributed by atoms with Crippen LogP contribution in [0.15, 0.2) is 60.7 Å². The van der Waals surface area contributed by atoms with Crippen molar-refractivity contribution in [1.29, 1.82) is 0 Å². The number of benzene rings is 2. The summed E-state index contributed by atoms with van der Waals surface area (Å²) in [5.74, 6) is 0.246. The van der Waals surface area contributed by atoms with Gasteiger partial charge in [-0.15, -0.1) is 0 Å². The molecule has 1 aliphatic rings. The van der Waals surface area contributed by atoms with Gasteiger partial charge in [0, 0.05) is 11.6 Å². The fourth-order valence-corrected chi connectivity index (χ4v) is 2.49. The number of ether oxygens (including phenoxy) is 2. The molecule has 0 bridgehead atoms. The normalized spacial score (nSPS) is 16.8. The molecule has 1 unspecified atom stereocenters. The molecule has 23 heavy (non-hydrogen) atoms. The molecule has 4 nitrogen and oxygen atoms in total. The molecule has 1 heterocycles. The first kappa shape index (κ1) is 15.3. The maximum atomic E-state index is 11.1. The maximum absolute atomic E-state index is 11.1.